The van der Waals surface area contributed by atoms with Gasteiger partial charge in [-0.3, -0.25) is 0 Å². The van der Waals surface area contributed by atoms with Crippen molar-refractivity contribution in [3.63, 3.8) is 0 Å². The lowest BCUT2D eigenvalue weighted by molar-refractivity contribution is -0.137. The maximum Gasteiger partial charge on any atom is 0.416 e. The molecule has 0 N–H and O–H groups in total. The summed E-state index contributed by atoms with van der Waals surface area (Å²) in [6, 6.07) is 9.72. The summed E-state index contributed by atoms with van der Waals surface area (Å²) in [6.45, 7) is 0.152. The van der Waals surface area contributed by atoms with Gasteiger partial charge in [-0.25, -0.2) is 0 Å². The number of aromatic nitrogens is 2. The SMILES string of the molecule is FC(F)(F)c1ccc(-c2noc(-c3ccc4c(c3)OCO4)n2)cc1. The molecule has 0 bridgehead atoms. The van der Waals surface area contributed by atoms with Crippen LogP contribution >= 0.6 is 0 Å². The fourth-order valence-electron chi connectivity index (χ4n) is 2.30. The van der Waals surface area contributed by atoms with Gasteiger partial charge in [0.05, 0.1) is 5.56 Å². The molecule has 122 valence electrons. The Morgan fingerprint density at radius 3 is 2.33 bits per heavy atom. The Morgan fingerprint density at radius 2 is 1.58 bits per heavy atom. The zero-order chi connectivity index (χ0) is 16.7. The minimum atomic E-state index is -4.38. The Bertz CT molecular complexity index is 888. The van der Waals surface area contributed by atoms with Crippen molar-refractivity contribution < 1.29 is 27.2 Å². The Hall–Kier alpha value is -3.03. The van der Waals surface area contributed by atoms with E-state index in [1.807, 2.05) is 0 Å². The third-order valence-corrected chi connectivity index (χ3v) is 3.52. The molecule has 1 aromatic heterocycles. The summed E-state index contributed by atoms with van der Waals surface area (Å²) in [5, 5.41) is 3.81. The van der Waals surface area contributed by atoms with Gasteiger partial charge in [0.1, 0.15) is 0 Å². The van der Waals surface area contributed by atoms with Crippen molar-refractivity contribution in [3.8, 4) is 34.3 Å². The van der Waals surface area contributed by atoms with Crippen molar-refractivity contribution >= 4 is 0 Å². The van der Waals surface area contributed by atoms with E-state index >= 15 is 0 Å². The summed E-state index contributed by atoms with van der Waals surface area (Å²) >= 11 is 0. The molecule has 24 heavy (non-hydrogen) atoms. The molecule has 5 nitrogen and oxygen atoms in total. The molecule has 8 heteroatoms. The smallest absolute Gasteiger partial charge is 0.416 e. The van der Waals surface area contributed by atoms with Crippen LogP contribution in [0.25, 0.3) is 22.8 Å². The lowest BCUT2D eigenvalue weighted by Crippen LogP contribution is -2.04. The van der Waals surface area contributed by atoms with Crippen LogP contribution in [0.3, 0.4) is 0 Å². The molecule has 0 atom stereocenters. The van der Waals surface area contributed by atoms with Crippen molar-refractivity contribution in [1.29, 1.82) is 0 Å². The van der Waals surface area contributed by atoms with E-state index in [9.17, 15) is 13.2 Å². The number of fused-ring (bicyclic) bond motifs is 1. The maximum atomic E-state index is 12.6. The monoisotopic (exact) mass is 334 g/mol. The van der Waals surface area contributed by atoms with Crippen LogP contribution in [0.15, 0.2) is 47.0 Å². The van der Waals surface area contributed by atoms with Crippen molar-refractivity contribution in [3.05, 3.63) is 48.0 Å². The number of ether oxygens (including phenoxy) is 2. The highest BCUT2D eigenvalue weighted by Crippen LogP contribution is 2.36. The van der Waals surface area contributed by atoms with Gasteiger partial charge in [0.15, 0.2) is 11.5 Å². The third-order valence-electron chi connectivity index (χ3n) is 3.52. The normalized spacial score (nSPS) is 13.3. The fraction of sp³-hybridized carbons (Fsp3) is 0.125. The summed E-state index contributed by atoms with van der Waals surface area (Å²) in [6.07, 6.45) is -4.38. The third kappa shape index (κ3) is 2.55. The van der Waals surface area contributed by atoms with E-state index in [4.69, 9.17) is 14.0 Å². The molecule has 4 rings (SSSR count). The molecule has 2 aromatic carbocycles. The van der Waals surface area contributed by atoms with E-state index in [-0.39, 0.29) is 18.5 Å². The largest absolute Gasteiger partial charge is 0.454 e. The number of benzene rings is 2. The molecule has 1 aliphatic rings. The van der Waals surface area contributed by atoms with Gasteiger partial charge in [0.25, 0.3) is 5.89 Å². The predicted molar refractivity (Wildman–Crippen MR) is 76.3 cm³/mol. The quantitative estimate of drug-likeness (QED) is 0.704. The molecule has 0 fully saturated rings. The number of hydrogen-bond acceptors (Lipinski definition) is 5. The highest BCUT2D eigenvalue weighted by Gasteiger charge is 2.30. The van der Waals surface area contributed by atoms with Crippen molar-refractivity contribution in [2.45, 2.75) is 6.18 Å². The Kier molecular flexibility index (Phi) is 3.19. The Labute approximate surface area is 133 Å². The molecule has 0 unspecified atom stereocenters. The van der Waals surface area contributed by atoms with Gasteiger partial charge in [-0.1, -0.05) is 17.3 Å². The molecule has 0 radical (unpaired) electrons. The predicted octanol–water partition coefficient (Wildman–Crippen LogP) is 4.15. The van der Waals surface area contributed by atoms with Crippen LogP contribution in [0.2, 0.25) is 0 Å². The van der Waals surface area contributed by atoms with Gasteiger partial charge in [0, 0.05) is 11.1 Å². The molecule has 0 aliphatic carbocycles. The first-order valence-electron chi connectivity index (χ1n) is 6.92. The standard InChI is InChI=1S/C16H9F3N2O3/c17-16(18,19)11-4-1-9(2-5-11)14-20-15(24-21-14)10-3-6-12-13(7-10)23-8-22-12/h1-7H,8H2. The van der Waals surface area contributed by atoms with E-state index in [2.05, 4.69) is 10.1 Å². The van der Waals surface area contributed by atoms with Crippen LogP contribution < -0.4 is 9.47 Å². The molecule has 0 saturated carbocycles. The lowest BCUT2D eigenvalue weighted by atomic mass is 10.1. The maximum absolute atomic E-state index is 12.6. The van der Waals surface area contributed by atoms with E-state index < -0.39 is 11.7 Å². The summed E-state index contributed by atoms with van der Waals surface area (Å²) in [4.78, 5) is 4.21. The second-order valence-corrected chi connectivity index (χ2v) is 5.07. The van der Waals surface area contributed by atoms with Gasteiger partial charge in [0.2, 0.25) is 12.6 Å². The van der Waals surface area contributed by atoms with Gasteiger partial charge in [-0.05, 0) is 30.3 Å². The first-order chi connectivity index (χ1) is 11.5. The number of alkyl halides is 3. The lowest BCUT2D eigenvalue weighted by Gasteiger charge is -2.05. The Morgan fingerprint density at radius 1 is 0.875 bits per heavy atom. The highest BCUT2D eigenvalue weighted by atomic mass is 19.4. The topological polar surface area (TPSA) is 57.4 Å². The van der Waals surface area contributed by atoms with E-state index in [1.54, 1.807) is 18.2 Å². The van der Waals surface area contributed by atoms with E-state index in [1.165, 1.54) is 12.1 Å². The van der Waals surface area contributed by atoms with Gasteiger partial charge < -0.3 is 14.0 Å². The molecule has 2 heterocycles. The fourth-order valence-corrected chi connectivity index (χ4v) is 2.30. The van der Waals surface area contributed by atoms with Crippen LogP contribution in [0, 0.1) is 0 Å². The summed E-state index contributed by atoms with van der Waals surface area (Å²) in [5.41, 5.74) is 0.328. The molecule has 1 aliphatic heterocycles. The average Bonchev–Trinajstić information content (AvgIpc) is 3.22. The Balaban J connectivity index is 1.63. The van der Waals surface area contributed by atoms with Crippen LogP contribution in [-0.2, 0) is 6.18 Å². The van der Waals surface area contributed by atoms with Crippen LogP contribution in [0.5, 0.6) is 11.5 Å². The number of nitrogens with zero attached hydrogens (tertiary/aromatic N) is 2. The zero-order valence-corrected chi connectivity index (χ0v) is 12.0. The van der Waals surface area contributed by atoms with Crippen LogP contribution in [-0.4, -0.2) is 16.9 Å². The van der Waals surface area contributed by atoms with Crippen molar-refractivity contribution in [2.24, 2.45) is 0 Å². The van der Waals surface area contributed by atoms with Crippen molar-refractivity contribution in [1.82, 2.24) is 10.1 Å². The van der Waals surface area contributed by atoms with Crippen LogP contribution in [0.4, 0.5) is 13.2 Å². The molecule has 0 amide bonds. The molecular formula is C16H9F3N2O3. The zero-order valence-electron chi connectivity index (χ0n) is 12.0. The second-order valence-electron chi connectivity index (χ2n) is 5.07. The summed E-state index contributed by atoms with van der Waals surface area (Å²) in [5.74, 6) is 1.64. The summed E-state index contributed by atoms with van der Waals surface area (Å²) in [7, 11) is 0. The van der Waals surface area contributed by atoms with E-state index in [0.29, 0.717) is 22.6 Å². The number of halogens is 3. The van der Waals surface area contributed by atoms with Crippen molar-refractivity contribution in [2.75, 3.05) is 6.79 Å². The second kappa shape index (κ2) is 5.26. The minimum Gasteiger partial charge on any atom is -0.454 e. The molecule has 0 spiro atoms. The summed E-state index contributed by atoms with van der Waals surface area (Å²) < 4.78 is 53.4. The van der Waals surface area contributed by atoms with Gasteiger partial charge in [-0.15, -0.1) is 0 Å². The molecular weight excluding hydrogens is 325 g/mol. The highest BCUT2D eigenvalue weighted by molar-refractivity contribution is 5.63. The van der Waals surface area contributed by atoms with Crippen LogP contribution in [0.1, 0.15) is 5.56 Å². The number of rotatable bonds is 2. The first-order valence-corrected chi connectivity index (χ1v) is 6.92. The minimum absolute atomic E-state index is 0.152. The van der Waals surface area contributed by atoms with Gasteiger partial charge >= 0.3 is 6.18 Å². The molecule has 0 saturated heterocycles. The van der Waals surface area contributed by atoms with E-state index in [0.717, 1.165) is 12.1 Å². The number of hydrogen-bond donors (Lipinski definition) is 0. The average molecular weight is 334 g/mol. The van der Waals surface area contributed by atoms with Gasteiger partial charge in [-0.2, -0.15) is 18.2 Å². The molecule has 3 aromatic rings. The first kappa shape index (κ1) is 14.6.